The van der Waals surface area contributed by atoms with Crippen LogP contribution in [0.25, 0.3) is 11.3 Å². The molecule has 0 aliphatic carbocycles. The molecule has 3 heterocycles. The summed E-state index contributed by atoms with van der Waals surface area (Å²) in [5.74, 6) is 0.0672. The van der Waals surface area contributed by atoms with Crippen LogP contribution in [0.1, 0.15) is 45.0 Å². The molecule has 1 aliphatic rings. The molecule has 0 bridgehead atoms. The molecule has 204 valence electrons. The monoisotopic (exact) mass is 556 g/mol. The number of carboxylic acid groups (broad SMARTS) is 1. The van der Waals surface area contributed by atoms with Crippen LogP contribution in [-0.2, 0) is 9.53 Å². The Labute approximate surface area is 236 Å². The highest BCUT2D eigenvalue weighted by atomic mass is 32.1. The second-order valence-corrected chi connectivity index (χ2v) is 9.90. The molecular weight excluding hydrogens is 528 g/mol. The van der Waals surface area contributed by atoms with Gasteiger partial charge >= 0.3 is 5.97 Å². The van der Waals surface area contributed by atoms with Crippen molar-refractivity contribution in [3.05, 3.63) is 101 Å². The number of carbonyl (C=O) groups excluding carboxylic acids is 1. The van der Waals surface area contributed by atoms with Crippen LogP contribution >= 0.6 is 12.2 Å². The smallest absolute Gasteiger partial charge is 0.335 e. The fourth-order valence-electron chi connectivity index (χ4n) is 4.91. The number of ether oxygens (including phenoxy) is 1. The predicted octanol–water partition coefficient (Wildman–Crippen LogP) is 5.42. The summed E-state index contributed by atoms with van der Waals surface area (Å²) in [6.45, 7) is 3.74. The largest absolute Gasteiger partial charge is 0.478 e. The Morgan fingerprint density at radius 2 is 1.93 bits per heavy atom. The van der Waals surface area contributed by atoms with E-state index >= 15 is 0 Å². The third-order valence-corrected chi connectivity index (χ3v) is 7.11. The van der Waals surface area contributed by atoms with Crippen LogP contribution in [0.4, 0.5) is 11.4 Å². The first kappa shape index (κ1) is 27.0. The van der Waals surface area contributed by atoms with Gasteiger partial charge in [0.25, 0.3) is 0 Å². The Balaban J connectivity index is 1.54. The van der Waals surface area contributed by atoms with Crippen molar-refractivity contribution in [1.29, 1.82) is 0 Å². The van der Waals surface area contributed by atoms with Gasteiger partial charge in [-0.05, 0) is 91.8 Å². The molecule has 0 unspecified atom stereocenters. The number of pyridine rings is 1. The first-order valence-corrected chi connectivity index (χ1v) is 13.0. The van der Waals surface area contributed by atoms with Crippen molar-refractivity contribution < 1.29 is 23.8 Å². The molecule has 4 aromatic rings. The van der Waals surface area contributed by atoms with E-state index in [2.05, 4.69) is 15.6 Å². The lowest BCUT2D eigenvalue weighted by atomic mass is 10.0. The standard InChI is InChI=1S/C30H28N4O5S/c1-17-14-19(29(36)37)7-9-21(17)24-11-12-25(39-24)28-27(23-6-4-5-13-31-23)33-30(40)34(28)20-8-10-22(18(2)15-20)32-26(35)16-38-3/h4-15,27-28H,16H2,1-3H3,(H,32,35)(H,33,40)(H,36,37)/t27-,28+/m0/s1. The van der Waals surface area contributed by atoms with E-state index in [9.17, 15) is 14.7 Å². The molecule has 1 aliphatic heterocycles. The van der Waals surface area contributed by atoms with E-state index in [-0.39, 0.29) is 30.2 Å². The number of carbonyl (C=O) groups is 2. The summed E-state index contributed by atoms with van der Waals surface area (Å²) in [4.78, 5) is 30.0. The lowest BCUT2D eigenvalue weighted by molar-refractivity contribution is -0.119. The van der Waals surface area contributed by atoms with E-state index in [1.807, 2.05) is 67.3 Å². The zero-order valence-electron chi connectivity index (χ0n) is 22.2. The van der Waals surface area contributed by atoms with Gasteiger partial charge in [-0.3, -0.25) is 9.78 Å². The lowest BCUT2D eigenvalue weighted by Gasteiger charge is -2.27. The molecule has 10 heteroatoms. The van der Waals surface area contributed by atoms with Crippen LogP contribution in [-0.4, -0.2) is 40.8 Å². The number of hydrogen-bond acceptors (Lipinski definition) is 6. The first-order valence-electron chi connectivity index (χ1n) is 12.6. The van der Waals surface area contributed by atoms with Crippen LogP contribution in [0, 0.1) is 13.8 Å². The van der Waals surface area contributed by atoms with Crippen LogP contribution in [0.5, 0.6) is 0 Å². The second-order valence-electron chi connectivity index (χ2n) is 9.51. The minimum Gasteiger partial charge on any atom is -0.478 e. The SMILES string of the molecule is COCC(=O)Nc1ccc(N2C(=S)N[C@@H](c3ccccn3)[C@H]2c2ccc(-c3ccc(C(=O)O)cc3C)o2)cc1C. The molecule has 40 heavy (non-hydrogen) atoms. The van der Waals surface area contributed by atoms with Gasteiger partial charge in [0.05, 0.1) is 17.3 Å². The number of anilines is 2. The van der Waals surface area contributed by atoms with Crippen LogP contribution in [0.15, 0.2) is 77.3 Å². The summed E-state index contributed by atoms with van der Waals surface area (Å²) >= 11 is 5.82. The van der Waals surface area contributed by atoms with Gasteiger partial charge in [0.15, 0.2) is 5.11 Å². The van der Waals surface area contributed by atoms with Crippen molar-refractivity contribution in [2.24, 2.45) is 0 Å². The third-order valence-electron chi connectivity index (χ3n) is 6.79. The third kappa shape index (κ3) is 5.31. The van der Waals surface area contributed by atoms with Gasteiger partial charge in [-0.2, -0.15) is 0 Å². The number of rotatable bonds is 8. The number of nitrogens with one attached hydrogen (secondary N) is 2. The topological polar surface area (TPSA) is 117 Å². The Hall–Kier alpha value is -4.54. The van der Waals surface area contributed by atoms with Gasteiger partial charge in [-0.1, -0.05) is 12.1 Å². The average molecular weight is 557 g/mol. The van der Waals surface area contributed by atoms with Crippen LogP contribution in [0.2, 0.25) is 0 Å². The zero-order chi connectivity index (χ0) is 28.4. The predicted molar refractivity (Wildman–Crippen MR) is 155 cm³/mol. The summed E-state index contributed by atoms with van der Waals surface area (Å²) in [6, 6.07) is 19.5. The van der Waals surface area contributed by atoms with Crippen molar-refractivity contribution >= 4 is 40.6 Å². The molecule has 1 saturated heterocycles. The number of methoxy groups -OCH3 is 1. The van der Waals surface area contributed by atoms with Gasteiger partial charge in [0, 0.05) is 30.2 Å². The van der Waals surface area contributed by atoms with E-state index in [1.54, 1.807) is 24.4 Å². The van der Waals surface area contributed by atoms with Crippen LogP contribution < -0.4 is 15.5 Å². The first-order chi connectivity index (χ1) is 19.3. The molecule has 2 aromatic carbocycles. The van der Waals surface area contributed by atoms with Crippen molar-refractivity contribution in [2.45, 2.75) is 25.9 Å². The number of amides is 1. The molecule has 2 aromatic heterocycles. The number of hydrogen-bond donors (Lipinski definition) is 3. The Morgan fingerprint density at radius 3 is 2.60 bits per heavy atom. The molecule has 5 rings (SSSR count). The summed E-state index contributed by atoms with van der Waals surface area (Å²) in [5.41, 5.74) is 4.98. The Kier molecular flexibility index (Phi) is 7.63. The number of nitrogens with zero attached hydrogens (tertiary/aromatic N) is 2. The van der Waals surface area contributed by atoms with Gasteiger partial charge < -0.3 is 29.8 Å². The fourth-order valence-corrected chi connectivity index (χ4v) is 5.25. The van der Waals surface area contributed by atoms with Crippen molar-refractivity contribution in [3.8, 4) is 11.3 Å². The van der Waals surface area contributed by atoms with E-state index in [4.69, 9.17) is 21.4 Å². The number of benzene rings is 2. The normalized spacial score (nSPS) is 16.6. The Morgan fingerprint density at radius 1 is 1.10 bits per heavy atom. The number of aromatic nitrogens is 1. The maximum Gasteiger partial charge on any atom is 0.335 e. The summed E-state index contributed by atoms with van der Waals surface area (Å²) in [6.07, 6.45) is 1.74. The highest BCUT2D eigenvalue weighted by Gasteiger charge is 2.42. The minimum atomic E-state index is -0.978. The zero-order valence-corrected chi connectivity index (χ0v) is 23.0. The maximum atomic E-state index is 12.1. The number of aromatic carboxylic acids is 1. The van der Waals surface area contributed by atoms with Crippen LogP contribution in [0.3, 0.4) is 0 Å². The molecule has 9 nitrogen and oxygen atoms in total. The number of aryl methyl sites for hydroxylation is 2. The van der Waals surface area contributed by atoms with E-state index in [0.29, 0.717) is 22.3 Å². The highest BCUT2D eigenvalue weighted by Crippen LogP contribution is 2.43. The molecule has 1 amide bonds. The molecule has 0 spiro atoms. The molecule has 0 radical (unpaired) electrons. The molecular formula is C30H28N4O5S. The van der Waals surface area contributed by atoms with E-state index in [0.717, 1.165) is 28.1 Å². The molecule has 0 saturated carbocycles. The summed E-state index contributed by atoms with van der Waals surface area (Å²) < 4.78 is 11.4. The van der Waals surface area contributed by atoms with Gasteiger partial charge in [-0.25, -0.2) is 4.79 Å². The number of thiocarbonyl (C=S) groups is 1. The quantitative estimate of drug-likeness (QED) is 0.245. The molecule has 2 atom stereocenters. The highest BCUT2D eigenvalue weighted by molar-refractivity contribution is 7.80. The fraction of sp³-hybridized carbons (Fsp3) is 0.200. The van der Waals surface area contributed by atoms with E-state index < -0.39 is 5.97 Å². The summed E-state index contributed by atoms with van der Waals surface area (Å²) in [7, 11) is 1.47. The Bertz CT molecular complexity index is 1590. The lowest BCUT2D eigenvalue weighted by Crippen LogP contribution is -2.29. The van der Waals surface area contributed by atoms with Crippen molar-refractivity contribution in [1.82, 2.24) is 10.3 Å². The van der Waals surface area contributed by atoms with Gasteiger partial charge in [-0.15, -0.1) is 0 Å². The number of carboxylic acids is 1. The van der Waals surface area contributed by atoms with E-state index in [1.165, 1.54) is 7.11 Å². The summed E-state index contributed by atoms with van der Waals surface area (Å²) in [5, 5.41) is 16.1. The maximum absolute atomic E-state index is 12.1. The van der Waals surface area contributed by atoms with Gasteiger partial charge in [0.1, 0.15) is 24.2 Å². The average Bonchev–Trinajstić information content (AvgIpc) is 3.55. The second kappa shape index (κ2) is 11.3. The van der Waals surface area contributed by atoms with Gasteiger partial charge in [0.2, 0.25) is 5.91 Å². The number of furan rings is 1. The molecule has 3 N–H and O–H groups in total. The van der Waals surface area contributed by atoms with Crippen molar-refractivity contribution in [2.75, 3.05) is 23.9 Å². The molecule has 1 fully saturated rings. The van der Waals surface area contributed by atoms with Crippen molar-refractivity contribution in [3.63, 3.8) is 0 Å². The minimum absolute atomic E-state index is 0.0332.